The molecule has 0 bridgehead atoms. The van der Waals surface area contributed by atoms with E-state index in [1.807, 2.05) is 30.3 Å². The van der Waals surface area contributed by atoms with Crippen LogP contribution in [0.2, 0.25) is 0 Å². The Hall–Kier alpha value is -1.75. The predicted octanol–water partition coefficient (Wildman–Crippen LogP) is 1.71. The summed E-state index contributed by atoms with van der Waals surface area (Å²) < 4.78 is 5.48. The fourth-order valence-corrected chi connectivity index (χ4v) is 1.78. The smallest absolute Gasteiger partial charge is 0.314 e. The van der Waals surface area contributed by atoms with Gasteiger partial charge in [-0.25, -0.2) is 4.79 Å². The number of nitrogens with one attached hydrogen (secondary N) is 2. The van der Waals surface area contributed by atoms with Crippen LogP contribution >= 0.6 is 0 Å². The summed E-state index contributed by atoms with van der Waals surface area (Å²) in [6.45, 7) is 8.73. The van der Waals surface area contributed by atoms with Crippen molar-refractivity contribution < 1.29 is 9.53 Å². The standard InChI is InChI=1S/C15H25N3O2/c1-3-18(4-2)12-10-16-15(19)17-11-13-20-14-8-6-5-7-9-14/h5-9H,3-4,10-13H2,1-2H3,(H2,16,17,19). The average molecular weight is 279 g/mol. The van der Waals surface area contributed by atoms with Crippen LogP contribution in [-0.2, 0) is 0 Å². The second kappa shape index (κ2) is 10.1. The molecule has 2 amide bonds. The van der Waals surface area contributed by atoms with Crippen LogP contribution in [0.4, 0.5) is 4.79 Å². The number of para-hydroxylation sites is 1. The van der Waals surface area contributed by atoms with Crippen LogP contribution in [0.5, 0.6) is 5.75 Å². The van der Waals surface area contributed by atoms with E-state index in [9.17, 15) is 4.79 Å². The third-order valence-corrected chi connectivity index (χ3v) is 3.01. The zero-order valence-electron chi connectivity index (χ0n) is 12.4. The second-order valence-corrected chi connectivity index (χ2v) is 4.37. The molecular formula is C15H25N3O2. The number of hydrogen-bond acceptors (Lipinski definition) is 3. The zero-order valence-corrected chi connectivity index (χ0v) is 12.4. The lowest BCUT2D eigenvalue weighted by atomic mass is 10.3. The number of carbonyl (C=O) groups is 1. The summed E-state index contributed by atoms with van der Waals surface area (Å²) in [7, 11) is 0. The van der Waals surface area contributed by atoms with Crippen molar-refractivity contribution >= 4 is 6.03 Å². The van der Waals surface area contributed by atoms with Gasteiger partial charge in [-0.2, -0.15) is 0 Å². The molecule has 5 heteroatoms. The van der Waals surface area contributed by atoms with Gasteiger partial charge in [0, 0.05) is 13.1 Å². The molecule has 1 rings (SSSR count). The SMILES string of the molecule is CCN(CC)CCNC(=O)NCCOc1ccccc1. The number of amides is 2. The molecular weight excluding hydrogens is 254 g/mol. The number of urea groups is 1. The van der Waals surface area contributed by atoms with Crippen LogP contribution in [0.1, 0.15) is 13.8 Å². The van der Waals surface area contributed by atoms with Gasteiger partial charge in [-0.3, -0.25) is 0 Å². The third kappa shape index (κ3) is 6.99. The van der Waals surface area contributed by atoms with Gasteiger partial charge in [0.2, 0.25) is 0 Å². The highest BCUT2D eigenvalue weighted by molar-refractivity contribution is 5.73. The van der Waals surface area contributed by atoms with Gasteiger partial charge in [-0.15, -0.1) is 0 Å². The number of hydrogen-bond donors (Lipinski definition) is 2. The maximum atomic E-state index is 11.5. The monoisotopic (exact) mass is 279 g/mol. The van der Waals surface area contributed by atoms with Gasteiger partial charge in [-0.1, -0.05) is 32.0 Å². The number of nitrogens with zero attached hydrogens (tertiary/aromatic N) is 1. The first-order chi connectivity index (χ1) is 9.76. The van der Waals surface area contributed by atoms with Gasteiger partial charge >= 0.3 is 6.03 Å². The lowest BCUT2D eigenvalue weighted by Gasteiger charge is -2.18. The van der Waals surface area contributed by atoms with E-state index in [2.05, 4.69) is 29.4 Å². The van der Waals surface area contributed by atoms with Crippen molar-refractivity contribution in [2.45, 2.75) is 13.8 Å². The molecule has 0 aliphatic heterocycles. The number of carbonyl (C=O) groups excluding carboxylic acids is 1. The fraction of sp³-hybridized carbons (Fsp3) is 0.533. The lowest BCUT2D eigenvalue weighted by molar-refractivity contribution is 0.233. The molecule has 1 aromatic rings. The van der Waals surface area contributed by atoms with Crippen LogP contribution in [-0.4, -0.2) is 50.3 Å². The summed E-state index contributed by atoms with van der Waals surface area (Å²) in [6, 6.07) is 9.42. The third-order valence-electron chi connectivity index (χ3n) is 3.01. The molecule has 5 nitrogen and oxygen atoms in total. The topological polar surface area (TPSA) is 53.6 Å². The Bertz CT molecular complexity index is 367. The Balaban J connectivity index is 2.03. The predicted molar refractivity (Wildman–Crippen MR) is 81.1 cm³/mol. The van der Waals surface area contributed by atoms with Crippen molar-refractivity contribution in [3.05, 3.63) is 30.3 Å². The number of rotatable bonds is 9. The van der Waals surface area contributed by atoms with Crippen LogP contribution in [0.3, 0.4) is 0 Å². The Morgan fingerprint density at radius 1 is 1.10 bits per heavy atom. The maximum absolute atomic E-state index is 11.5. The number of benzene rings is 1. The molecule has 0 saturated carbocycles. The Morgan fingerprint density at radius 3 is 2.40 bits per heavy atom. The molecule has 1 aromatic carbocycles. The van der Waals surface area contributed by atoms with E-state index in [1.54, 1.807) is 0 Å². The van der Waals surface area contributed by atoms with E-state index >= 15 is 0 Å². The van der Waals surface area contributed by atoms with Crippen LogP contribution < -0.4 is 15.4 Å². The van der Waals surface area contributed by atoms with Gasteiger partial charge in [-0.05, 0) is 25.2 Å². The number of likely N-dealkylation sites (N-methyl/N-ethyl adjacent to an activating group) is 1. The molecule has 0 heterocycles. The normalized spacial score (nSPS) is 10.3. The van der Waals surface area contributed by atoms with E-state index in [-0.39, 0.29) is 6.03 Å². The number of ether oxygens (including phenoxy) is 1. The van der Waals surface area contributed by atoms with Crippen LogP contribution in [0, 0.1) is 0 Å². The molecule has 0 aromatic heterocycles. The van der Waals surface area contributed by atoms with Crippen molar-refractivity contribution in [3.8, 4) is 5.75 Å². The van der Waals surface area contributed by atoms with Crippen molar-refractivity contribution in [1.29, 1.82) is 0 Å². The van der Waals surface area contributed by atoms with Crippen molar-refractivity contribution in [2.75, 3.05) is 39.3 Å². The Kier molecular flexibility index (Phi) is 8.22. The minimum absolute atomic E-state index is 0.145. The van der Waals surface area contributed by atoms with E-state index in [0.717, 1.165) is 25.4 Å². The summed E-state index contributed by atoms with van der Waals surface area (Å²) in [5, 5.41) is 5.60. The Morgan fingerprint density at radius 2 is 1.75 bits per heavy atom. The molecule has 0 spiro atoms. The molecule has 112 valence electrons. The quantitative estimate of drug-likeness (QED) is 0.677. The van der Waals surface area contributed by atoms with Gasteiger partial charge in [0.05, 0.1) is 6.54 Å². The first-order valence-electron chi connectivity index (χ1n) is 7.18. The molecule has 0 saturated heterocycles. The molecule has 0 aliphatic rings. The summed E-state index contributed by atoms with van der Waals surface area (Å²) in [5.74, 6) is 0.816. The van der Waals surface area contributed by atoms with Gasteiger partial charge in [0.15, 0.2) is 0 Å². The summed E-state index contributed by atoms with van der Waals surface area (Å²) in [5.41, 5.74) is 0. The van der Waals surface area contributed by atoms with E-state index in [1.165, 1.54) is 0 Å². The van der Waals surface area contributed by atoms with E-state index in [0.29, 0.717) is 19.7 Å². The minimum Gasteiger partial charge on any atom is -0.492 e. The molecule has 0 radical (unpaired) electrons. The minimum atomic E-state index is -0.145. The summed E-state index contributed by atoms with van der Waals surface area (Å²) >= 11 is 0. The molecule has 0 unspecified atom stereocenters. The fourth-order valence-electron chi connectivity index (χ4n) is 1.78. The average Bonchev–Trinajstić information content (AvgIpc) is 2.49. The highest BCUT2D eigenvalue weighted by Crippen LogP contribution is 2.07. The molecule has 0 atom stereocenters. The first-order valence-corrected chi connectivity index (χ1v) is 7.18. The van der Waals surface area contributed by atoms with E-state index < -0.39 is 0 Å². The second-order valence-electron chi connectivity index (χ2n) is 4.37. The van der Waals surface area contributed by atoms with Crippen molar-refractivity contribution in [2.24, 2.45) is 0 Å². The van der Waals surface area contributed by atoms with E-state index in [4.69, 9.17) is 4.74 Å². The highest BCUT2D eigenvalue weighted by atomic mass is 16.5. The van der Waals surface area contributed by atoms with Gasteiger partial charge in [0.25, 0.3) is 0 Å². The first kappa shape index (κ1) is 16.3. The van der Waals surface area contributed by atoms with Gasteiger partial charge in [0.1, 0.15) is 12.4 Å². The largest absolute Gasteiger partial charge is 0.492 e. The Labute approximate surface area is 121 Å². The maximum Gasteiger partial charge on any atom is 0.314 e. The summed E-state index contributed by atoms with van der Waals surface area (Å²) in [6.07, 6.45) is 0. The molecule has 0 fully saturated rings. The molecule has 0 aliphatic carbocycles. The lowest BCUT2D eigenvalue weighted by Crippen LogP contribution is -2.41. The van der Waals surface area contributed by atoms with Crippen molar-refractivity contribution in [1.82, 2.24) is 15.5 Å². The van der Waals surface area contributed by atoms with Crippen LogP contribution in [0.15, 0.2) is 30.3 Å². The summed E-state index contributed by atoms with van der Waals surface area (Å²) in [4.78, 5) is 13.8. The highest BCUT2D eigenvalue weighted by Gasteiger charge is 2.01. The van der Waals surface area contributed by atoms with Gasteiger partial charge < -0.3 is 20.3 Å². The zero-order chi connectivity index (χ0) is 14.6. The van der Waals surface area contributed by atoms with Crippen molar-refractivity contribution in [3.63, 3.8) is 0 Å². The molecule has 20 heavy (non-hydrogen) atoms. The van der Waals surface area contributed by atoms with Crippen LogP contribution in [0.25, 0.3) is 0 Å². The molecule has 2 N–H and O–H groups in total.